The van der Waals surface area contributed by atoms with Gasteiger partial charge in [0, 0.05) is 6.54 Å². The Labute approximate surface area is 83.8 Å². The summed E-state index contributed by atoms with van der Waals surface area (Å²) >= 11 is 0. The average Bonchev–Trinajstić information content (AvgIpc) is 2.25. The molecule has 0 saturated heterocycles. The van der Waals surface area contributed by atoms with Crippen molar-refractivity contribution in [3.63, 3.8) is 0 Å². The number of amides is 1. The lowest BCUT2D eigenvalue weighted by Crippen LogP contribution is -2.27. The summed E-state index contributed by atoms with van der Waals surface area (Å²) in [5.41, 5.74) is 1.27. The molecule has 1 aromatic rings. The first-order chi connectivity index (χ1) is 6.83. The molecule has 14 heavy (non-hydrogen) atoms. The molecule has 0 aliphatic heterocycles. The van der Waals surface area contributed by atoms with E-state index < -0.39 is 6.61 Å². The summed E-state index contributed by atoms with van der Waals surface area (Å²) in [5, 5.41) is 11.1. The van der Waals surface area contributed by atoms with Crippen LogP contribution in [0.5, 0.6) is 0 Å². The Morgan fingerprint density at radius 3 is 2.64 bits per heavy atom. The summed E-state index contributed by atoms with van der Waals surface area (Å²) in [6, 6.07) is 10.1. The van der Waals surface area contributed by atoms with Gasteiger partial charge in [0.2, 0.25) is 5.91 Å². The molecule has 0 radical (unpaired) electrons. The lowest BCUT2D eigenvalue weighted by Gasteiger charge is -2.02. The minimum atomic E-state index is -0.425. The van der Waals surface area contributed by atoms with Crippen molar-refractivity contribution in [1.82, 2.24) is 5.32 Å². The third kappa shape index (κ3) is 4.05. The van der Waals surface area contributed by atoms with E-state index >= 15 is 0 Å². The summed E-state index contributed by atoms with van der Waals surface area (Å²) in [6.45, 7) is 0.194. The first-order valence-corrected chi connectivity index (χ1v) is 4.74. The van der Waals surface area contributed by atoms with E-state index in [9.17, 15) is 4.79 Å². The van der Waals surface area contributed by atoms with Gasteiger partial charge in [-0.05, 0) is 18.4 Å². The highest BCUT2D eigenvalue weighted by Crippen LogP contribution is 2.01. The van der Waals surface area contributed by atoms with Gasteiger partial charge in [-0.1, -0.05) is 30.3 Å². The van der Waals surface area contributed by atoms with Crippen molar-refractivity contribution in [2.45, 2.75) is 12.8 Å². The molecule has 1 aromatic carbocycles. The van der Waals surface area contributed by atoms with E-state index in [4.69, 9.17) is 5.11 Å². The zero-order chi connectivity index (χ0) is 10.2. The monoisotopic (exact) mass is 193 g/mol. The largest absolute Gasteiger partial charge is 0.387 e. The summed E-state index contributed by atoms with van der Waals surface area (Å²) in [5.74, 6) is -0.307. The molecule has 3 heteroatoms. The predicted molar refractivity (Wildman–Crippen MR) is 54.9 cm³/mol. The molecule has 3 nitrogen and oxygen atoms in total. The fraction of sp³-hybridized carbons (Fsp3) is 0.364. The van der Waals surface area contributed by atoms with Gasteiger partial charge in [0.25, 0.3) is 0 Å². The molecule has 0 aliphatic carbocycles. The zero-order valence-corrected chi connectivity index (χ0v) is 8.07. The second-order valence-electron chi connectivity index (χ2n) is 3.10. The lowest BCUT2D eigenvalue weighted by atomic mass is 10.1. The maximum Gasteiger partial charge on any atom is 0.245 e. The maximum absolute atomic E-state index is 10.7. The van der Waals surface area contributed by atoms with Crippen LogP contribution >= 0.6 is 0 Å². The Morgan fingerprint density at radius 1 is 1.29 bits per heavy atom. The van der Waals surface area contributed by atoms with Crippen LogP contribution in [0.25, 0.3) is 0 Å². The van der Waals surface area contributed by atoms with Crippen LogP contribution in [0.2, 0.25) is 0 Å². The van der Waals surface area contributed by atoms with Crippen LogP contribution in [0.3, 0.4) is 0 Å². The van der Waals surface area contributed by atoms with Crippen molar-refractivity contribution >= 4 is 5.91 Å². The van der Waals surface area contributed by atoms with Gasteiger partial charge in [-0.3, -0.25) is 4.79 Å². The minimum Gasteiger partial charge on any atom is -0.387 e. The van der Waals surface area contributed by atoms with E-state index in [0.717, 1.165) is 12.8 Å². The van der Waals surface area contributed by atoms with Gasteiger partial charge < -0.3 is 10.4 Å². The number of carbonyl (C=O) groups excluding carboxylic acids is 1. The Kier molecular flexibility index (Phi) is 4.72. The van der Waals surface area contributed by atoms with E-state index in [1.165, 1.54) is 5.56 Å². The zero-order valence-electron chi connectivity index (χ0n) is 8.07. The molecular formula is C11H15NO2. The van der Waals surface area contributed by atoms with Crippen molar-refractivity contribution in [1.29, 1.82) is 0 Å². The number of aryl methyl sites for hydroxylation is 1. The number of aliphatic hydroxyl groups is 1. The molecule has 0 spiro atoms. The van der Waals surface area contributed by atoms with Crippen LogP contribution in [-0.4, -0.2) is 24.2 Å². The fourth-order valence-corrected chi connectivity index (χ4v) is 1.22. The molecule has 0 saturated carbocycles. The highest BCUT2D eigenvalue weighted by molar-refractivity contribution is 5.76. The molecule has 0 atom stereocenters. The number of hydrogen-bond acceptors (Lipinski definition) is 2. The summed E-state index contributed by atoms with van der Waals surface area (Å²) < 4.78 is 0. The van der Waals surface area contributed by atoms with Crippen molar-refractivity contribution in [3.8, 4) is 0 Å². The number of carbonyl (C=O) groups is 1. The van der Waals surface area contributed by atoms with Crippen LogP contribution in [0.15, 0.2) is 30.3 Å². The van der Waals surface area contributed by atoms with Crippen molar-refractivity contribution < 1.29 is 9.90 Å². The standard InChI is InChI=1S/C11H15NO2/c13-9-11(14)12-8-4-7-10-5-2-1-3-6-10/h1-3,5-6,13H,4,7-9H2,(H,12,14). The Hall–Kier alpha value is -1.35. The van der Waals surface area contributed by atoms with E-state index in [2.05, 4.69) is 17.4 Å². The van der Waals surface area contributed by atoms with Gasteiger partial charge >= 0.3 is 0 Å². The van der Waals surface area contributed by atoms with Crippen LogP contribution < -0.4 is 5.32 Å². The van der Waals surface area contributed by atoms with Crippen molar-refractivity contribution in [3.05, 3.63) is 35.9 Å². The van der Waals surface area contributed by atoms with Crippen LogP contribution in [0.1, 0.15) is 12.0 Å². The minimum absolute atomic E-state index is 0.307. The number of rotatable bonds is 5. The number of benzene rings is 1. The van der Waals surface area contributed by atoms with E-state index in [0.29, 0.717) is 6.54 Å². The summed E-state index contributed by atoms with van der Waals surface area (Å²) in [7, 11) is 0. The van der Waals surface area contributed by atoms with Crippen molar-refractivity contribution in [2.75, 3.05) is 13.2 Å². The summed E-state index contributed by atoms with van der Waals surface area (Å²) in [6.07, 6.45) is 1.85. The molecular weight excluding hydrogens is 178 g/mol. The van der Waals surface area contributed by atoms with Gasteiger partial charge in [0.1, 0.15) is 6.61 Å². The van der Waals surface area contributed by atoms with Gasteiger partial charge in [-0.15, -0.1) is 0 Å². The Bertz CT molecular complexity index is 272. The Morgan fingerprint density at radius 2 is 2.00 bits per heavy atom. The first-order valence-electron chi connectivity index (χ1n) is 4.74. The first kappa shape index (κ1) is 10.7. The molecule has 0 fully saturated rings. The molecule has 0 heterocycles. The van der Waals surface area contributed by atoms with Crippen LogP contribution in [0, 0.1) is 0 Å². The van der Waals surface area contributed by atoms with Crippen molar-refractivity contribution in [2.24, 2.45) is 0 Å². The third-order valence-electron chi connectivity index (χ3n) is 1.95. The molecule has 1 rings (SSSR count). The molecule has 1 amide bonds. The molecule has 0 aliphatic rings. The molecule has 0 bridgehead atoms. The topological polar surface area (TPSA) is 49.3 Å². The number of aliphatic hydroxyl groups excluding tert-OH is 1. The Balaban J connectivity index is 2.13. The fourth-order valence-electron chi connectivity index (χ4n) is 1.22. The van der Waals surface area contributed by atoms with E-state index in [1.54, 1.807) is 0 Å². The summed E-state index contributed by atoms with van der Waals surface area (Å²) in [4.78, 5) is 10.7. The number of nitrogens with one attached hydrogen (secondary N) is 1. The van der Waals surface area contributed by atoms with Gasteiger partial charge in [0.05, 0.1) is 0 Å². The van der Waals surface area contributed by atoms with Crippen LogP contribution in [0.4, 0.5) is 0 Å². The highest BCUT2D eigenvalue weighted by atomic mass is 16.3. The molecule has 2 N–H and O–H groups in total. The van der Waals surface area contributed by atoms with E-state index in [1.807, 2.05) is 18.2 Å². The molecule has 0 aromatic heterocycles. The maximum atomic E-state index is 10.7. The van der Waals surface area contributed by atoms with Gasteiger partial charge in [0.15, 0.2) is 0 Å². The normalized spacial score (nSPS) is 9.79. The van der Waals surface area contributed by atoms with Gasteiger partial charge in [-0.25, -0.2) is 0 Å². The smallest absolute Gasteiger partial charge is 0.245 e. The third-order valence-corrected chi connectivity index (χ3v) is 1.95. The highest BCUT2D eigenvalue weighted by Gasteiger charge is 1.96. The molecule has 0 unspecified atom stereocenters. The lowest BCUT2D eigenvalue weighted by molar-refractivity contribution is -0.123. The second kappa shape index (κ2) is 6.16. The van der Waals surface area contributed by atoms with Crippen LogP contribution in [-0.2, 0) is 11.2 Å². The predicted octanol–water partition coefficient (Wildman–Crippen LogP) is 0.728. The molecule has 76 valence electrons. The van der Waals surface area contributed by atoms with E-state index in [-0.39, 0.29) is 5.91 Å². The van der Waals surface area contributed by atoms with Gasteiger partial charge in [-0.2, -0.15) is 0 Å². The quantitative estimate of drug-likeness (QED) is 0.677. The SMILES string of the molecule is O=C(CO)NCCCc1ccccc1. The second-order valence-corrected chi connectivity index (χ2v) is 3.10. The number of hydrogen-bond donors (Lipinski definition) is 2. The average molecular weight is 193 g/mol.